The predicted octanol–water partition coefficient (Wildman–Crippen LogP) is 0.971. The van der Waals surface area contributed by atoms with Crippen LogP contribution in [0.15, 0.2) is 0 Å². The van der Waals surface area contributed by atoms with E-state index in [4.69, 9.17) is 5.73 Å². The van der Waals surface area contributed by atoms with E-state index in [1.165, 1.54) is 32.2 Å². The number of hydrogen-bond donors (Lipinski definition) is 2. The van der Waals surface area contributed by atoms with Gasteiger partial charge in [0.2, 0.25) is 0 Å². The maximum Gasteiger partial charge on any atom is 0.00746 e. The van der Waals surface area contributed by atoms with Gasteiger partial charge < -0.3 is 11.1 Å². The number of nitrogens with one attached hydrogen (secondary N) is 1. The van der Waals surface area contributed by atoms with Crippen LogP contribution in [0.3, 0.4) is 0 Å². The molecule has 0 amide bonds. The summed E-state index contributed by atoms with van der Waals surface area (Å²) >= 11 is 0. The van der Waals surface area contributed by atoms with Crippen molar-refractivity contribution in [1.82, 2.24) is 5.32 Å². The first-order valence-electron chi connectivity index (χ1n) is 5.32. The summed E-state index contributed by atoms with van der Waals surface area (Å²) in [6.45, 7) is 3.00. The van der Waals surface area contributed by atoms with Gasteiger partial charge in [0.25, 0.3) is 0 Å². The summed E-state index contributed by atoms with van der Waals surface area (Å²) < 4.78 is 0. The molecule has 0 aromatic heterocycles. The topological polar surface area (TPSA) is 38.0 Å². The molecule has 0 aliphatic heterocycles. The van der Waals surface area contributed by atoms with Gasteiger partial charge in [-0.25, -0.2) is 0 Å². The van der Waals surface area contributed by atoms with Crippen LogP contribution in [0.1, 0.15) is 25.7 Å². The molecule has 2 rings (SSSR count). The van der Waals surface area contributed by atoms with Crippen molar-refractivity contribution in [1.29, 1.82) is 0 Å². The van der Waals surface area contributed by atoms with E-state index < -0.39 is 0 Å². The highest BCUT2D eigenvalue weighted by molar-refractivity contribution is 4.92. The fourth-order valence-electron chi connectivity index (χ4n) is 2.14. The zero-order valence-electron chi connectivity index (χ0n) is 7.76. The molecular weight excluding hydrogens is 148 g/mol. The zero-order chi connectivity index (χ0) is 8.39. The third-order valence-electron chi connectivity index (χ3n) is 3.16. The van der Waals surface area contributed by atoms with Gasteiger partial charge in [-0.15, -0.1) is 0 Å². The van der Waals surface area contributed by atoms with Gasteiger partial charge in [-0.05, 0) is 50.0 Å². The van der Waals surface area contributed by atoms with E-state index in [2.05, 4.69) is 5.32 Å². The predicted molar refractivity (Wildman–Crippen MR) is 50.9 cm³/mol. The first-order valence-corrected chi connectivity index (χ1v) is 5.32. The van der Waals surface area contributed by atoms with E-state index in [1.54, 1.807) is 0 Å². The average Bonchev–Trinajstić information content (AvgIpc) is 2.87. The molecule has 0 bridgehead atoms. The highest BCUT2D eigenvalue weighted by atomic mass is 14.9. The van der Waals surface area contributed by atoms with E-state index in [0.29, 0.717) is 0 Å². The van der Waals surface area contributed by atoms with Crippen LogP contribution in [0.5, 0.6) is 0 Å². The molecule has 12 heavy (non-hydrogen) atoms. The van der Waals surface area contributed by atoms with Crippen molar-refractivity contribution in [3.05, 3.63) is 0 Å². The molecule has 2 fully saturated rings. The van der Waals surface area contributed by atoms with Crippen LogP contribution in [0, 0.1) is 17.8 Å². The van der Waals surface area contributed by atoms with Crippen LogP contribution in [0.4, 0.5) is 0 Å². The largest absolute Gasteiger partial charge is 0.329 e. The van der Waals surface area contributed by atoms with Crippen LogP contribution >= 0.6 is 0 Å². The van der Waals surface area contributed by atoms with Gasteiger partial charge in [-0.1, -0.05) is 0 Å². The fraction of sp³-hybridized carbons (Fsp3) is 1.00. The Bertz CT molecular complexity index is 127. The molecule has 3 N–H and O–H groups in total. The molecule has 0 aromatic carbocycles. The Hall–Kier alpha value is -0.0800. The summed E-state index contributed by atoms with van der Waals surface area (Å²) in [5.41, 5.74) is 5.44. The normalized spacial score (nSPS) is 23.5. The summed E-state index contributed by atoms with van der Waals surface area (Å²) in [5, 5.41) is 3.45. The maximum atomic E-state index is 5.44. The van der Waals surface area contributed by atoms with Gasteiger partial charge in [0.1, 0.15) is 0 Å². The van der Waals surface area contributed by atoms with Crippen LogP contribution < -0.4 is 11.1 Å². The lowest BCUT2D eigenvalue weighted by atomic mass is 9.98. The second-order valence-corrected chi connectivity index (χ2v) is 4.33. The summed E-state index contributed by atoms with van der Waals surface area (Å²) in [4.78, 5) is 0. The van der Waals surface area contributed by atoms with Gasteiger partial charge >= 0.3 is 0 Å². The smallest absolute Gasteiger partial charge is 0.00746 e. The van der Waals surface area contributed by atoms with Gasteiger partial charge in [-0.2, -0.15) is 0 Å². The molecule has 70 valence electrons. The summed E-state index contributed by atoms with van der Waals surface area (Å²) in [5.74, 6) is 3.14. The van der Waals surface area contributed by atoms with Crippen molar-refractivity contribution >= 4 is 0 Å². The van der Waals surface area contributed by atoms with Crippen molar-refractivity contribution < 1.29 is 0 Å². The summed E-state index contributed by atoms with van der Waals surface area (Å²) in [7, 11) is 0. The molecule has 2 nitrogen and oxygen atoms in total. The Kier molecular flexibility index (Phi) is 2.66. The fourth-order valence-corrected chi connectivity index (χ4v) is 2.14. The highest BCUT2D eigenvalue weighted by Gasteiger charge is 2.40. The maximum absolute atomic E-state index is 5.44. The van der Waals surface area contributed by atoms with Crippen LogP contribution in [-0.4, -0.2) is 19.6 Å². The second-order valence-electron chi connectivity index (χ2n) is 4.33. The molecule has 0 saturated heterocycles. The van der Waals surface area contributed by atoms with Gasteiger partial charge in [-0.3, -0.25) is 0 Å². The van der Waals surface area contributed by atoms with Crippen LogP contribution in [-0.2, 0) is 0 Å². The molecule has 0 radical (unpaired) electrons. The third kappa shape index (κ3) is 2.20. The molecule has 2 saturated carbocycles. The van der Waals surface area contributed by atoms with E-state index >= 15 is 0 Å². The summed E-state index contributed by atoms with van der Waals surface area (Å²) in [6.07, 6.45) is 5.97. The Morgan fingerprint density at radius 3 is 2.17 bits per heavy atom. The van der Waals surface area contributed by atoms with E-state index in [-0.39, 0.29) is 0 Å². The van der Waals surface area contributed by atoms with Crippen LogP contribution in [0.25, 0.3) is 0 Å². The Morgan fingerprint density at radius 2 is 1.75 bits per heavy atom. The first-order chi connectivity index (χ1) is 5.92. The minimum atomic E-state index is 0.780. The van der Waals surface area contributed by atoms with Crippen molar-refractivity contribution in [2.45, 2.75) is 25.7 Å². The lowest BCUT2D eigenvalue weighted by Gasteiger charge is -2.15. The molecule has 2 aliphatic rings. The Balaban J connectivity index is 1.66. The quantitative estimate of drug-likeness (QED) is 0.580. The number of hydrogen-bond acceptors (Lipinski definition) is 2. The molecule has 0 atom stereocenters. The molecule has 2 aliphatic carbocycles. The first kappa shape index (κ1) is 8.52. The van der Waals surface area contributed by atoms with E-state index in [0.717, 1.165) is 30.8 Å². The van der Waals surface area contributed by atoms with Crippen molar-refractivity contribution in [3.63, 3.8) is 0 Å². The van der Waals surface area contributed by atoms with Gasteiger partial charge in [0.15, 0.2) is 0 Å². The number of rotatable bonds is 6. The SMILES string of the molecule is NCCNCC(C1CC1)C1CC1. The number of nitrogens with two attached hydrogens (primary N) is 1. The van der Waals surface area contributed by atoms with Crippen molar-refractivity contribution in [2.24, 2.45) is 23.5 Å². The molecule has 2 heteroatoms. The Labute approximate surface area is 74.9 Å². The minimum Gasteiger partial charge on any atom is -0.329 e. The van der Waals surface area contributed by atoms with Crippen molar-refractivity contribution in [2.75, 3.05) is 19.6 Å². The monoisotopic (exact) mass is 168 g/mol. The van der Waals surface area contributed by atoms with E-state index in [1.807, 2.05) is 0 Å². The van der Waals surface area contributed by atoms with Crippen molar-refractivity contribution in [3.8, 4) is 0 Å². The zero-order valence-corrected chi connectivity index (χ0v) is 7.76. The standard InChI is InChI=1S/C10H20N2/c11-5-6-12-7-10(8-1-2-8)9-3-4-9/h8-10,12H,1-7,11H2. The third-order valence-corrected chi connectivity index (χ3v) is 3.16. The van der Waals surface area contributed by atoms with Gasteiger partial charge in [0.05, 0.1) is 0 Å². The molecule has 0 spiro atoms. The van der Waals surface area contributed by atoms with Crippen LogP contribution in [0.2, 0.25) is 0 Å². The molecule has 0 unspecified atom stereocenters. The molecule has 0 aromatic rings. The summed E-state index contributed by atoms with van der Waals surface area (Å²) in [6, 6.07) is 0. The molecule has 0 heterocycles. The van der Waals surface area contributed by atoms with E-state index in [9.17, 15) is 0 Å². The average molecular weight is 168 g/mol. The lowest BCUT2D eigenvalue weighted by Crippen LogP contribution is -2.29. The minimum absolute atomic E-state index is 0.780. The second kappa shape index (κ2) is 3.75. The lowest BCUT2D eigenvalue weighted by molar-refractivity contribution is 0.381. The van der Waals surface area contributed by atoms with Gasteiger partial charge in [0, 0.05) is 13.1 Å². The molecular formula is C10H20N2. The Morgan fingerprint density at radius 1 is 1.17 bits per heavy atom. The highest BCUT2D eigenvalue weighted by Crippen LogP contribution is 2.48.